The monoisotopic (exact) mass is 422 g/mol. The van der Waals surface area contributed by atoms with E-state index < -0.39 is 0 Å². The predicted molar refractivity (Wildman–Crippen MR) is 118 cm³/mol. The lowest BCUT2D eigenvalue weighted by atomic mass is 9.84. The lowest BCUT2D eigenvalue weighted by Gasteiger charge is -2.25. The zero-order valence-corrected chi connectivity index (χ0v) is 19.0. The molecule has 30 heavy (non-hydrogen) atoms. The maximum Gasteiger partial charge on any atom is 0.305 e. The first kappa shape index (κ1) is 24.9. The second-order valence-corrected chi connectivity index (χ2v) is 9.27. The molecule has 0 spiro atoms. The molecule has 1 N–H and O–H groups in total. The average Bonchev–Trinajstić information content (AvgIpc) is 3.08. The molecule has 0 aromatic carbocycles. The van der Waals surface area contributed by atoms with Crippen LogP contribution < -0.4 is 0 Å². The molecule has 4 atom stereocenters. The summed E-state index contributed by atoms with van der Waals surface area (Å²) >= 11 is 0. The van der Waals surface area contributed by atoms with Gasteiger partial charge in [-0.15, -0.1) is 0 Å². The molecule has 172 valence electrons. The van der Waals surface area contributed by atoms with Crippen LogP contribution in [0.1, 0.15) is 96.8 Å². The van der Waals surface area contributed by atoms with Crippen molar-refractivity contribution in [3.8, 4) is 0 Å². The Balaban J connectivity index is 1.79. The lowest BCUT2D eigenvalue weighted by molar-refractivity contribution is -0.145. The number of allylic oxidation sites excluding steroid dienone is 1. The maximum atomic E-state index is 11.6. The van der Waals surface area contributed by atoms with Crippen LogP contribution in [0.3, 0.4) is 0 Å². The molecular formula is C25H42O5. The fraction of sp³-hybridized carbons (Fsp3) is 0.840. The minimum absolute atomic E-state index is 0.137. The average molecular weight is 423 g/mol. The minimum Gasteiger partial charge on any atom is -0.469 e. The van der Waals surface area contributed by atoms with Crippen LogP contribution in [0.15, 0.2) is 12.2 Å². The van der Waals surface area contributed by atoms with Crippen molar-refractivity contribution in [2.75, 3.05) is 7.11 Å². The molecule has 0 amide bonds. The summed E-state index contributed by atoms with van der Waals surface area (Å²) in [6.45, 7) is 1.49. The van der Waals surface area contributed by atoms with E-state index in [1.807, 2.05) is 0 Å². The summed E-state index contributed by atoms with van der Waals surface area (Å²) in [4.78, 5) is 22.7. The van der Waals surface area contributed by atoms with E-state index in [0.29, 0.717) is 18.3 Å². The van der Waals surface area contributed by atoms with E-state index in [4.69, 9.17) is 4.74 Å². The van der Waals surface area contributed by atoms with Crippen molar-refractivity contribution in [1.82, 2.24) is 0 Å². The molecule has 0 radical (unpaired) electrons. The van der Waals surface area contributed by atoms with E-state index in [-0.39, 0.29) is 30.1 Å². The predicted octanol–water partition coefficient (Wildman–Crippen LogP) is 5.35. The molecule has 2 saturated carbocycles. The van der Waals surface area contributed by atoms with Gasteiger partial charge in [-0.3, -0.25) is 9.59 Å². The number of unbranched alkanes of at least 4 members (excludes halogenated alkanes) is 3. The van der Waals surface area contributed by atoms with Crippen molar-refractivity contribution in [2.24, 2.45) is 17.8 Å². The number of aliphatic hydroxyl groups excluding tert-OH is 1. The maximum absolute atomic E-state index is 11.6. The van der Waals surface area contributed by atoms with Crippen molar-refractivity contribution in [2.45, 2.75) is 109 Å². The van der Waals surface area contributed by atoms with Crippen molar-refractivity contribution in [3.63, 3.8) is 0 Å². The van der Waals surface area contributed by atoms with Gasteiger partial charge in [0.1, 0.15) is 6.10 Å². The Bertz CT molecular complexity index is 538. The number of ether oxygens (including phenoxy) is 2. The summed E-state index contributed by atoms with van der Waals surface area (Å²) in [5.41, 5.74) is 0. The van der Waals surface area contributed by atoms with E-state index in [1.165, 1.54) is 46.1 Å². The molecule has 5 heteroatoms. The third-order valence-electron chi connectivity index (χ3n) is 6.92. The zero-order chi connectivity index (χ0) is 21.8. The Morgan fingerprint density at radius 2 is 1.77 bits per heavy atom. The molecule has 2 aliphatic rings. The molecule has 2 rings (SSSR count). The molecule has 0 aromatic heterocycles. The largest absolute Gasteiger partial charge is 0.469 e. The van der Waals surface area contributed by atoms with Gasteiger partial charge in [-0.25, -0.2) is 0 Å². The molecule has 2 aliphatic carbocycles. The van der Waals surface area contributed by atoms with Gasteiger partial charge in [0.05, 0.1) is 13.2 Å². The van der Waals surface area contributed by atoms with Crippen LogP contribution in [0.25, 0.3) is 0 Å². The van der Waals surface area contributed by atoms with Gasteiger partial charge in [0.2, 0.25) is 0 Å². The molecule has 0 saturated heterocycles. The summed E-state index contributed by atoms with van der Waals surface area (Å²) in [5, 5.41) is 10.5. The normalized spacial score (nSPS) is 26.0. The second kappa shape index (κ2) is 13.8. The zero-order valence-electron chi connectivity index (χ0n) is 19.0. The molecule has 5 nitrogen and oxygen atoms in total. The Hall–Kier alpha value is -1.36. The standard InChI is InChI=1S/C25H42O5/c1-19(26)30-22(18-20-10-6-5-7-11-20)16-14-21-15-17-24(27)23(21)12-8-3-4-9-13-25(28)29-2/h14,16,20-24,27H,3-13,15,17-18H2,1-2H3/b16-14+. The van der Waals surface area contributed by atoms with Gasteiger partial charge in [0.15, 0.2) is 0 Å². The first-order chi connectivity index (χ1) is 14.5. The third kappa shape index (κ3) is 9.20. The molecule has 0 aromatic rings. The SMILES string of the molecule is COC(=O)CCCCCCC1C(O)CCC1/C=C/C(CC1CCCCC1)OC(C)=O. The van der Waals surface area contributed by atoms with E-state index in [9.17, 15) is 14.7 Å². The first-order valence-electron chi connectivity index (χ1n) is 12.1. The smallest absolute Gasteiger partial charge is 0.305 e. The van der Waals surface area contributed by atoms with E-state index >= 15 is 0 Å². The number of esters is 2. The Kier molecular flexibility index (Phi) is 11.5. The van der Waals surface area contributed by atoms with E-state index in [2.05, 4.69) is 16.9 Å². The molecule has 0 heterocycles. The van der Waals surface area contributed by atoms with Crippen molar-refractivity contribution in [1.29, 1.82) is 0 Å². The summed E-state index contributed by atoms with van der Waals surface area (Å²) < 4.78 is 10.3. The Labute approximate surface area is 182 Å². The summed E-state index contributed by atoms with van der Waals surface area (Å²) in [6.07, 6.45) is 18.7. The summed E-state index contributed by atoms with van der Waals surface area (Å²) in [7, 11) is 1.43. The Morgan fingerprint density at radius 1 is 1.03 bits per heavy atom. The minimum atomic E-state index is -0.236. The van der Waals surface area contributed by atoms with Gasteiger partial charge >= 0.3 is 11.9 Å². The van der Waals surface area contributed by atoms with Crippen molar-refractivity contribution >= 4 is 11.9 Å². The number of hydrogen-bond donors (Lipinski definition) is 1. The van der Waals surface area contributed by atoms with Gasteiger partial charge in [0, 0.05) is 13.3 Å². The van der Waals surface area contributed by atoms with Gasteiger partial charge in [-0.05, 0) is 55.9 Å². The van der Waals surface area contributed by atoms with Crippen LogP contribution in [-0.2, 0) is 19.1 Å². The van der Waals surface area contributed by atoms with Crippen LogP contribution >= 0.6 is 0 Å². The topological polar surface area (TPSA) is 72.8 Å². The molecular weight excluding hydrogens is 380 g/mol. The van der Waals surface area contributed by atoms with Crippen molar-refractivity contribution in [3.05, 3.63) is 12.2 Å². The fourth-order valence-electron chi connectivity index (χ4n) is 5.22. The highest BCUT2D eigenvalue weighted by Crippen LogP contribution is 2.37. The van der Waals surface area contributed by atoms with E-state index in [1.54, 1.807) is 0 Å². The van der Waals surface area contributed by atoms with Gasteiger partial charge < -0.3 is 14.6 Å². The quantitative estimate of drug-likeness (QED) is 0.261. The molecule has 4 unspecified atom stereocenters. The number of methoxy groups -OCH3 is 1. The second-order valence-electron chi connectivity index (χ2n) is 9.27. The number of rotatable bonds is 12. The van der Waals surface area contributed by atoms with Crippen LogP contribution in [0.4, 0.5) is 0 Å². The van der Waals surface area contributed by atoms with E-state index in [0.717, 1.165) is 51.4 Å². The number of hydrogen-bond acceptors (Lipinski definition) is 5. The van der Waals surface area contributed by atoms with Crippen LogP contribution in [0, 0.1) is 17.8 Å². The summed E-state index contributed by atoms with van der Waals surface area (Å²) in [5.74, 6) is 0.953. The van der Waals surface area contributed by atoms with Crippen LogP contribution in [0.5, 0.6) is 0 Å². The highest BCUT2D eigenvalue weighted by molar-refractivity contribution is 5.69. The highest BCUT2D eigenvalue weighted by atomic mass is 16.5. The number of carbonyl (C=O) groups excluding carboxylic acids is 2. The molecule has 0 aliphatic heterocycles. The molecule has 0 bridgehead atoms. The van der Waals surface area contributed by atoms with Crippen LogP contribution in [-0.4, -0.2) is 36.4 Å². The third-order valence-corrected chi connectivity index (χ3v) is 6.92. The molecule has 2 fully saturated rings. The van der Waals surface area contributed by atoms with Gasteiger partial charge in [-0.1, -0.05) is 57.4 Å². The fourth-order valence-corrected chi connectivity index (χ4v) is 5.22. The van der Waals surface area contributed by atoms with Crippen molar-refractivity contribution < 1.29 is 24.2 Å². The number of aliphatic hydroxyl groups is 1. The highest BCUT2D eigenvalue weighted by Gasteiger charge is 2.33. The van der Waals surface area contributed by atoms with Crippen LogP contribution in [0.2, 0.25) is 0 Å². The first-order valence-corrected chi connectivity index (χ1v) is 12.1. The summed E-state index contributed by atoms with van der Waals surface area (Å²) in [6, 6.07) is 0. The lowest BCUT2D eigenvalue weighted by Crippen LogP contribution is -2.21. The van der Waals surface area contributed by atoms with Gasteiger partial charge in [-0.2, -0.15) is 0 Å². The Morgan fingerprint density at radius 3 is 2.47 bits per heavy atom. The van der Waals surface area contributed by atoms with Gasteiger partial charge in [0.25, 0.3) is 0 Å². The number of carbonyl (C=O) groups is 2.